The molecule has 2 N–H and O–H groups in total. The fourth-order valence-electron chi connectivity index (χ4n) is 1.93. The summed E-state index contributed by atoms with van der Waals surface area (Å²) in [6.45, 7) is 2.38. The van der Waals surface area contributed by atoms with Gasteiger partial charge in [0.25, 0.3) is 0 Å². The summed E-state index contributed by atoms with van der Waals surface area (Å²) in [5.74, 6) is 0.0284. The van der Waals surface area contributed by atoms with Gasteiger partial charge in [0.1, 0.15) is 0 Å². The molecule has 2 aromatic rings. The first-order chi connectivity index (χ1) is 9.16. The highest BCUT2D eigenvalue weighted by atomic mass is 32.1. The highest BCUT2D eigenvalue weighted by Gasteiger charge is 2.11. The van der Waals surface area contributed by atoms with Crippen LogP contribution in [0.3, 0.4) is 0 Å². The van der Waals surface area contributed by atoms with Gasteiger partial charge in [0.15, 0.2) is 11.6 Å². The van der Waals surface area contributed by atoms with Crippen LogP contribution in [0.1, 0.15) is 17.4 Å². The topological polar surface area (TPSA) is 35.2 Å². The van der Waals surface area contributed by atoms with Crippen LogP contribution < -0.4 is 10.5 Å². The molecule has 0 fully saturated rings. The van der Waals surface area contributed by atoms with E-state index in [0.29, 0.717) is 18.8 Å². The van der Waals surface area contributed by atoms with Gasteiger partial charge in [-0.15, -0.1) is 11.3 Å². The van der Waals surface area contributed by atoms with Crippen molar-refractivity contribution in [3.05, 3.63) is 52.0 Å². The SMILES string of the molecule is CC(N)Cc1cccc(F)c1OCCc1cccs1. The first-order valence-electron chi connectivity index (χ1n) is 6.35. The van der Waals surface area contributed by atoms with Gasteiger partial charge < -0.3 is 10.5 Å². The molecule has 0 radical (unpaired) electrons. The van der Waals surface area contributed by atoms with Crippen molar-refractivity contribution in [1.82, 2.24) is 0 Å². The number of para-hydroxylation sites is 1. The van der Waals surface area contributed by atoms with Gasteiger partial charge in [-0.05, 0) is 36.4 Å². The fourth-order valence-corrected chi connectivity index (χ4v) is 2.62. The van der Waals surface area contributed by atoms with Crippen LogP contribution in [-0.2, 0) is 12.8 Å². The summed E-state index contributed by atoms with van der Waals surface area (Å²) in [5.41, 5.74) is 6.61. The summed E-state index contributed by atoms with van der Waals surface area (Å²) in [6, 6.07) is 9.03. The van der Waals surface area contributed by atoms with Crippen LogP contribution >= 0.6 is 11.3 Å². The number of thiophene rings is 1. The monoisotopic (exact) mass is 279 g/mol. The Kier molecular flexibility index (Phi) is 4.93. The van der Waals surface area contributed by atoms with Crippen molar-refractivity contribution >= 4 is 11.3 Å². The molecule has 0 bridgehead atoms. The van der Waals surface area contributed by atoms with Crippen molar-refractivity contribution in [2.45, 2.75) is 25.8 Å². The Hall–Kier alpha value is -1.39. The first kappa shape index (κ1) is 14.0. The van der Waals surface area contributed by atoms with Crippen LogP contribution in [0.4, 0.5) is 4.39 Å². The second-order valence-electron chi connectivity index (χ2n) is 4.59. The highest BCUT2D eigenvalue weighted by molar-refractivity contribution is 7.09. The molecule has 0 amide bonds. The lowest BCUT2D eigenvalue weighted by atomic mass is 10.1. The largest absolute Gasteiger partial charge is 0.490 e. The smallest absolute Gasteiger partial charge is 0.165 e. The van der Waals surface area contributed by atoms with E-state index in [2.05, 4.69) is 6.07 Å². The Balaban J connectivity index is 2.01. The van der Waals surface area contributed by atoms with E-state index in [9.17, 15) is 4.39 Å². The van der Waals surface area contributed by atoms with Crippen LogP contribution in [0.2, 0.25) is 0 Å². The van der Waals surface area contributed by atoms with Crippen molar-refractivity contribution in [1.29, 1.82) is 0 Å². The van der Waals surface area contributed by atoms with E-state index in [1.54, 1.807) is 17.4 Å². The summed E-state index contributed by atoms with van der Waals surface area (Å²) in [6.07, 6.45) is 1.41. The van der Waals surface area contributed by atoms with Gasteiger partial charge >= 0.3 is 0 Å². The number of nitrogens with two attached hydrogens (primary N) is 1. The molecule has 19 heavy (non-hydrogen) atoms. The summed E-state index contributed by atoms with van der Waals surface area (Å²) < 4.78 is 19.4. The molecule has 2 nitrogen and oxygen atoms in total. The number of hydrogen-bond acceptors (Lipinski definition) is 3. The predicted molar refractivity (Wildman–Crippen MR) is 77.3 cm³/mol. The van der Waals surface area contributed by atoms with Gasteiger partial charge in [-0.1, -0.05) is 18.2 Å². The van der Waals surface area contributed by atoms with E-state index in [1.807, 2.05) is 24.4 Å². The lowest BCUT2D eigenvalue weighted by molar-refractivity contribution is 0.302. The third kappa shape index (κ3) is 4.04. The zero-order chi connectivity index (χ0) is 13.7. The Morgan fingerprint density at radius 1 is 1.32 bits per heavy atom. The first-order valence-corrected chi connectivity index (χ1v) is 7.23. The normalized spacial score (nSPS) is 12.4. The molecule has 1 aromatic heterocycles. The molecule has 1 atom stereocenters. The lowest BCUT2D eigenvalue weighted by Gasteiger charge is -2.13. The molecule has 0 aliphatic heterocycles. The van der Waals surface area contributed by atoms with Crippen LogP contribution in [0, 0.1) is 5.82 Å². The van der Waals surface area contributed by atoms with Gasteiger partial charge in [-0.3, -0.25) is 0 Å². The average molecular weight is 279 g/mol. The summed E-state index contributed by atoms with van der Waals surface area (Å²) in [5, 5.41) is 2.03. The van der Waals surface area contributed by atoms with Crippen molar-refractivity contribution in [2.75, 3.05) is 6.61 Å². The number of hydrogen-bond donors (Lipinski definition) is 1. The van der Waals surface area contributed by atoms with E-state index >= 15 is 0 Å². The molecule has 1 aromatic carbocycles. The average Bonchev–Trinajstić information content (AvgIpc) is 2.85. The zero-order valence-electron chi connectivity index (χ0n) is 10.9. The van der Waals surface area contributed by atoms with Crippen LogP contribution in [0.5, 0.6) is 5.75 Å². The predicted octanol–water partition coefficient (Wildman–Crippen LogP) is 3.40. The van der Waals surface area contributed by atoms with Gasteiger partial charge in [0.2, 0.25) is 0 Å². The number of benzene rings is 1. The molecule has 102 valence electrons. The second-order valence-corrected chi connectivity index (χ2v) is 5.62. The van der Waals surface area contributed by atoms with Gasteiger partial charge in [-0.25, -0.2) is 4.39 Å². The Morgan fingerprint density at radius 3 is 2.84 bits per heavy atom. The summed E-state index contributed by atoms with van der Waals surface area (Å²) >= 11 is 1.68. The van der Waals surface area contributed by atoms with Crippen LogP contribution in [0.25, 0.3) is 0 Å². The van der Waals surface area contributed by atoms with Crippen LogP contribution in [0.15, 0.2) is 35.7 Å². The van der Waals surface area contributed by atoms with Crippen molar-refractivity contribution in [3.8, 4) is 5.75 Å². The number of ether oxygens (including phenoxy) is 1. The van der Waals surface area contributed by atoms with E-state index in [-0.39, 0.29) is 11.9 Å². The lowest BCUT2D eigenvalue weighted by Crippen LogP contribution is -2.18. The minimum absolute atomic E-state index is 0.0126. The summed E-state index contributed by atoms with van der Waals surface area (Å²) in [4.78, 5) is 1.24. The Bertz CT molecular complexity index is 511. The molecule has 0 saturated heterocycles. The molecule has 0 spiro atoms. The molecule has 0 aliphatic carbocycles. The fraction of sp³-hybridized carbons (Fsp3) is 0.333. The molecule has 0 aliphatic rings. The van der Waals surface area contributed by atoms with E-state index in [4.69, 9.17) is 10.5 Å². The maximum absolute atomic E-state index is 13.8. The standard InChI is InChI=1S/C15H18FNOS/c1-11(17)10-12-4-2-6-14(16)15(12)18-8-7-13-5-3-9-19-13/h2-6,9,11H,7-8,10,17H2,1H3. The van der Waals surface area contributed by atoms with Crippen molar-refractivity contribution in [2.24, 2.45) is 5.73 Å². The maximum atomic E-state index is 13.8. The molecule has 4 heteroatoms. The van der Waals surface area contributed by atoms with E-state index < -0.39 is 0 Å². The summed E-state index contributed by atoms with van der Waals surface area (Å²) in [7, 11) is 0. The van der Waals surface area contributed by atoms with Gasteiger partial charge in [-0.2, -0.15) is 0 Å². The molecular weight excluding hydrogens is 261 g/mol. The Morgan fingerprint density at radius 2 is 2.16 bits per heavy atom. The number of rotatable bonds is 6. The third-order valence-electron chi connectivity index (χ3n) is 2.77. The highest BCUT2D eigenvalue weighted by Crippen LogP contribution is 2.24. The van der Waals surface area contributed by atoms with E-state index in [1.165, 1.54) is 10.9 Å². The maximum Gasteiger partial charge on any atom is 0.165 e. The Labute approximate surface area is 117 Å². The van der Waals surface area contributed by atoms with Gasteiger partial charge in [0, 0.05) is 17.3 Å². The minimum atomic E-state index is -0.315. The molecule has 1 unspecified atom stereocenters. The second kappa shape index (κ2) is 6.68. The zero-order valence-corrected chi connectivity index (χ0v) is 11.8. The quantitative estimate of drug-likeness (QED) is 0.879. The minimum Gasteiger partial charge on any atom is -0.490 e. The van der Waals surface area contributed by atoms with Crippen molar-refractivity contribution < 1.29 is 9.13 Å². The molecule has 0 saturated carbocycles. The van der Waals surface area contributed by atoms with Crippen LogP contribution in [-0.4, -0.2) is 12.6 Å². The molecule has 2 rings (SSSR count). The molecule has 1 heterocycles. The molecular formula is C15H18FNOS. The number of halogens is 1. The van der Waals surface area contributed by atoms with E-state index in [0.717, 1.165) is 12.0 Å². The van der Waals surface area contributed by atoms with Crippen molar-refractivity contribution in [3.63, 3.8) is 0 Å². The third-order valence-corrected chi connectivity index (χ3v) is 3.70. The van der Waals surface area contributed by atoms with Gasteiger partial charge in [0.05, 0.1) is 6.61 Å².